The van der Waals surface area contributed by atoms with Crippen molar-refractivity contribution in [3.8, 4) is 11.8 Å². The summed E-state index contributed by atoms with van der Waals surface area (Å²) in [6, 6.07) is 13.7. The summed E-state index contributed by atoms with van der Waals surface area (Å²) >= 11 is 0. The van der Waals surface area contributed by atoms with Crippen molar-refractivity contribution < 1.29 is 9.18 Å². The van der Waals surface area contributed by atoms with Crippen LogP contribution in [-0.4, -0.2) is 26.5 Å². The van der Waals surface area contributed by atoms with Crippen molar-refractivity contribution in [1.29, 1.82) is 0 Å². The highest BCUT2D eigenvalue weighted by Crippen LogP contribution is 2.16. The Balaban J connectivity index is 1.88. The number of hydrogen-bond donors (Lipinski definition) is 1. The predicted molar refractivity (Wildman–Crippen MR) is 90.8 cm³/mol. The van der Waals surface area contributed by atoms with Crippen LogP contribution in [0.3, 0.4) is 0 Å². The molecule has 23 heavy (non-hydrogen) atoms. The number of anilines is 1. The van der Waals surface area contributed by atoms with Gasteiger partial charge in [0.2, 0.25) is 5.91 Å². The zero-order valence-electron chi connectivity index (χ0n) is 13.3. The fourth-order valence-corrected chi connectivity index (χ4v) is 2.10. The van der Waals surface area contributed by atoms with Gasteiger partial charge in [-0.1, -0.05) is 36.1 Å². The maximum absolute atomic E-state index is 12.8. The SMILES string of the molecule is CN(C)c1ccccc1C#CCNC(=O)Cc1ccc(F)cc1. The largest absolute Gasteiger partial charge is 0.377 e. The third-order valence-corrected chi connectivity index (χ3v) is 3.26. The minimum absolute atomic E-state index is 0.133. The van der Waals surface area contributed by atoms with Gasteiger partial charge in [0.05, 0.1) is 18.7 Å². The zero-order valence-corrected chi connectivity index (χ0v) is 13.3. The fourth-order valence-electron chi connectivity index (χ4n) is 2.10. The van der Waals surface area contributed by atoms with Crippen LogP contribution in [0.5, 0.6) is 0 Å². The number of hydrogen-bond acceptors (Lipinski definition) is 2. The number of carbonyl (C=O) groups excluding carboxylic acids is 1. The molecular weight excluding hydrogens is 291 g/mol. The topological polar surface area (TPSA) is 32.3 Å². The van der Waals surface area contributed by atoms with Crippen molar-refractivity contribution in [2.45, 2.75) is 6.42 Å². The van der Waals surface area contributed by atoms with E-state index in [2.05, 4.69) is 17.2 Å². The Bertz CT molecular complexity index is 727. The van der Waals surface area contributed by atoms with Crippen LogP contribution in [0.15, 0.2) is 48.5 Å². The smallest absolute Gasteiger partial charge is 0.225 e. The second kappa shape index (κ2) is 8.00. The first-order valence-electron chi connectivity index (χ1n) is 7.32. The van der Waals surface area contributed by atoms with Gasteiger partial charge in [-0.2, -0.15) is 0 Å². The zero-order chi connectivity index (χ0) is 16.7. The number of carbonyl (C=O) groups is 1. The second-order valence-corrected chi connectivity index (χ2v) is 5.29. The Kier molecular flexibility index (Phi) is 5.76. The van der Waals surface area contributed by atoms with E-state index in [9.17, 15) is 9.18 Å². The third kappa shape index (κ3) is 5.15. The molecule has 0 atom stereocenters. The van der Waals surface area contributed by atoms with E-state index in [1.54, 1.807) is 12.1 Å². The average molecular weight is 310 g/mol. The molecule has 0 unspecified atom stereocenters. The molecule has 0 saturated heterocycles. The lowest BCUT2D eigenvalue weighted by Crippen LogP contribution is -2.25. The van der Waals surface area contributed by atoms with E-state index in [-0.39, 0.29) is 24.7 Å². The van der Waals surface area contributed by atoms with Crippen LogP contribution in [0.1, 0.15) is 11.1 Å². The molecule has 3 nitrogen and oxygen atoms in total. The summed E-state index contributed by atoms with van der Waals surface area (Å²) in [5, 5.41) is 2.74. The van der Waals surface area contributed by atoms with E-state index in [4.69, 9.17) is 0 Å². The highest BCUT2D eigenvalue weighted by molar-refractivity contribution is 5.78. The lowest BCUT2D eigenvalue weighted by molar-refractivity contribution is -0.120. The molecule has 2 aromatic carbocycles. The molecule has 0 radical (unpaired) electrons. The number of nitrogens with zero attached hydrogens (tertiary/aromatic N) is 1. The molecule has 0 bridgehead atoms. The Labute approximate surface area is 136 Å². The predicted octanol–water partition coefficient (Wildman–Crippen LogP) is 2.60. The van der Waals surface area contributed by atoms with E-state index in [1.165, 1.54) is 12.1 Å². The molecule has 0 spiro atoms. The van der Waals surface area contributed by atoms with Gasteiger partial charge in [-0.15, -0.1) is 0 Å². The first-order valence-corrected chi connectivity index (χ1v) is 7.32. The van der Waals surface area contributed by atoms with Gasteiger partial charge in [0, 0.05) is 19.7 Å². The van der Waals surface area contributed by atoms with Gasteiger partial charge in [0.1, 0.15) is 5.82 Å². The van der Waals surface area contributed by atoms with Crippen LogP contribution in [0.4, 0.5) is 10.1 Å². The van der Waals surface area contributed by atoms with Crippen molar-refractivity contribution in [2.24, 2.45) is 0 Å². The number of amides is 1. The van der Waals surface area contributed by atoms with Crippen molar-refractivity contribution in [2.75, 3.05) is 25.5 Å². The Morgan fingerprint density at radius 3 is 2.52 bits per heavy atom. The van der Waals surface area contributed by atoms with E-state index < -0.39 is 0 Å². The summed E-state index contributed by atoms with van der Waals surface area (Å²) in [6.07, 6.45) is 0.218. The van der Waals surface area contributed by atoms with E-state index >= 15 is 0 Å². The Hall–Kier alpha value is -2.80. The second-order valence-electron chi connectivity index (χ2n) is 5.29. The number of halogens is 1. The van der Waals surface area contributed by atoms with Gasteiger partial charge in [0.15, 0.2) is 0 Å². The molecule has 1 amide bonds. The van der Waals surface area contributed by atoms with E-state index in [0.717, 1.165) is 16.8 Å². The molecule has 0 saturated carbocycles. The number of nitrogens with one attached hydrogen (secondary N) is 1. The van der Waals surface area contributed by atoms with E-state index in [1.807, 2.05) is 43.3 Å². The van der Waals surface area contributed by atoms with Crippen molar-refractivity contribution in [1.82, 2.24) is 5.32 Å². The molecule has 0 aliphatic rings. The van der Waals surface area contributed by atoms with Gasteiger partial charge >= 0.3 is 0 Å². The number of rotatable bonds is 4. The molecule has 2 rings (SSSR count). The monoisotopic (exact) mass is 310 g/mol. The lowest BCUT2D eigenvalue weighted by Gasteiger charge is -2.13. The van der Waals surface area contributed by atoms with Crippen LogP contribution in [0.2, 0.25) is 0 Å². The molecule has 0 fully saturated rings. The Morgan fingerprint density at radius 2 is 1.83 bits per heavy atom. The molecule has 1 N–H and O–H groups in total. The standard InChI is InChI=1S/C19H19FN2O/c1-22(2)18-8-4-3-6-16(18)7-5-13-21-19(23)14-15-9-11-17(20)12-10-15/h3-4,6,8-12H,13-14H2,1-2H3,(H,21,23). The number of para-hydroxylation sites is 1. The molecule has 0 aromatic heterocycles. The van der Waals surface area contributed by atoms with Crippen LogP contribution >= 0.6 is 0 Å². The molecule has 118 valence electrons. The van der Waals surface area contributed by atoms with Gasteiger partial charge in [-0.3, -0.25) is 4.79 Å². The normalized spacial score (nSPS) is 9.70. The third-order valence-electron chi connectivity index (χ3n) is 3.26. The average Bonchev–Trinajstić information content (AvgIpc) is 2.54. The van der Waals surface area contributed by atoms with Crippen LogP contribution in [0, 0.1) is 17.7 Å². The molecule has 2 aromatic rings. The van der Waals surface area contributed by atoms with Crippen LogP contribution in [0.25, 0.3) is 0 Å². The van der Waals surface area contributed by atoms with Gasteiger partial charge in [0.25, 0.3) is 0 Å². The van der Waals surface area contributed by atoms with Crippen LogP contribution < -0.4 is 10.2 Å². The molecule has 4 heteroatoms. The first kappa shape index (κ1) is 16.6. The molecule has 0 heterocycles. The van der Waals surface area contributed by atoms with Crippen molar-refractivity contribution in [3.63, 3.8) is 0 Å². The quantitative estimate of drug-likeness (QED) is 0.881. The first-order chi connectivity index (χ1) is 11.1. The van der Waals surface area contributed by atoms with Crippen LogP contribution in [-0.2, 0) is 11.2 Å². The summed E-state index contributed by atoms with van der Waals surface area (Å²) < 4.78 is 12.8. The maximum atomic E-state index is 12.8. The molecular formula is C19H19FN2O. The number of benzene rings is 2. The van der Waals surface area contributed by atoms with Crippen molar-refractivity contribution >= 4 is 11.6 Å². The summed E-state index contributed by atoms with van der Waals surface area (Å²) in [4.78, 5) is 13.8. The van der Waals surface area contributed by atoms with Crippen molar-refractivity contribution in [3.05, 3.63) is 65.5 Å². The lowest BCUT2D eigenvalue weighted by atomic mass is 10.1. The summed E-state index contributed by atoms with van der Waals surface area (Å²) in [5.41, 5.74) is 2.73. The summed E-state index contributed by atoms with van der Waals surface area (Å²) in [6.45, 7) is 0.280. The minimum Gasteiger partial charge on any atom is -0.377 e. The maximum Gasteiger partial charge on any atom is 0.225 e. The molecule has 0 aliphatic carbocycles. The fraction of sp³-hybridized carbons (Fsp3) is 0.211. The highest BCUT2D eigenvalue weighted by Gasteiger charge is 2.02. The van der Waals surface area contributed by atoms with Gasteiger partial charge in [-0.05, 0) is 29.8 Å². The van der Waals surface area contributed by atoms with Gasteiger partial charge < -0.3 is 10.2 Å². The molecule has 0 aliphatic heterocycles. The Morgan fingerprint density at radius 1 is 1.13 bits per heavy atom. The van der Waals surface area contributed by atoms with E-state index in [0.29, 0.717) is 0 Å². The summed E-state index contributed by atoms with van der Waals surface area (Å²) in [7, 11) is 3.93. The summed E-state index contributed by atoms with van der Waals surface area (Å²) in [5.74, 6) is 5.58. The van der Waals surface area contributed by atoms with Gasteiger partial charge in [-0.25, -0.2) is 4.39 Å². The minimum atomic E-state index is -0.306. The highest BCUT2D eigenvalue weighted by atomic mass is 19.1.